The number of nitriles is 1. The van der Waals surface area contributed by atoms with Crippen molar-refractivity contribution in [3.05, 3.63) is 0 Å². The lowest BCUT2D eigenvalue weighted by Crippen LogP contribution is -2.52. The van der Waals surface area contributed by atoms with Crippen LogP contribution < -0.4 is 5.32 Å². The molecule has 3 unspecified atom stereocenters. The second-order valence-corrected chi connectivity index (χ2v) is 7.77. The summed E-state index contributed by atoms with van der Waals surface area (Å²) in [5.74, 6) is 0.509. The summed E-state index contributed by atoms with van der Waals surface area (Å²) in [5, 5.41) is 12.4. The van der Waals surface area contributed by atoms with Gasteiger partial charge in [0, 0.05) is 18.6 Å². The van der Waals surface area contributed by atoms with Gasteiger partial charge in [-0.3, -0.25) is 4.90 Å². The van der Waals surface area contributed by atoms with Gasteiger partial charge in [0.1, 0.15) is 5.54 Å². The molecule has 2 aliphatic rings. The van der Waals surface area contributed by atoms with Crippen molar-refractivity contribution in [2.75, 3.05) is 25.1 Å². The van der Waals surface area contributed by atoms with E-state index in [2.05, 4.69) is 16.3 Å². The standard InChI is InChI=1S/C12H21N3O2S/c1-10-8-18(16,17)6-5-15(10)11-3-4-12(7-11,9-13)14-2/h10-11,14H,3-8H2,1-2H3. The van der Waals surface area contributed by atoms with E-state index < -0.39 is 15.4 Å². The van der Waals surface area contributed by atoms with Crippen molar-refractivity contribution in [3.63, 3.8) is 0 Å². The van der Waals surface area contributed by atoms with E-state index >= 15 is 0 Å². The first-order valence-corrected chi connectivity index (χ1v) is 8.30. The van der Waals surface area contributed by atoms with Crippen LogP contribution >= 0.6 is 0 Å². The highest BCUT2D eigenvalue weighted by molar-refractivity contribution is 7.91. The second-order valence-electron chi connectivity index (χ2n) is 5.54. The Morgan fingerprint density at radius 3 is 2.72 bits per heavy atom. The van der Waals surface area contributed by atoms with E-state index in [9.17, 15) is 13.7 Å². The number of nitrogens with zero attached hydrogens (tertiary/aromatic N) is 2. The van der Waals surface area contributed by atoms with Crippen molar-refractivity contribution in [2.24, 2.45) is 0 Å². The molecule has 6 heteroatoms. The second kappa shape index (κ2) is 4.80. The fourth-order valence-electron chi connectivity index (χ4n) is 3.24. The van der Waals surface area contributed by atoms with Gasteiger partial charge in [-0.1, -0.05) is 0 Å². The van der Waals surface area contributed by atoms with Crippen LogP contribution in [0.1, 0.15) is 26.2 Å². The summed E-state index contributed by atoms with van der Waals surface area (Å²) in [6.45, 7) is 2.59. The molecule has 0 spiro atoms. The number of nitrogens with one attached hydrogen (secondary N) is 1. The predicted octanol–water partition coefficient (Wildman–Crippen LogP) is 0.140. The van der Waals surface area contributed by atoms with Crippen molar-refractivity contribution in [1.82, 2.24) is 10.2 Å². The van der Waals surface area contributed by atoms with Gasteiger partial charge in [-0.25, -0.2) is 8.42 Å². The van der Waals surface area contributed by atoms with E-state index in [0.717, 1.165) is 19.3 Å². The quantitative estimate of drug-likeness (QED) is 0.773. The van der Waals surface area contributed by atoms with Crippen LogP contribution in [0.25, 0.3) is 0 Å². The minimum Gasteiger partial charge on any atom is -0.302 e. The molecule has 0 bridgehead atoms. The summed E-state index contributed by atoms with van der Waals surface area (Å²) in [6, 6.07) is 2.78. The number of hydrogen-bond acceptors (Lipinski definition) is 5. The summed E-state index contributed by atoms with van der Waals surface area (Å²) >= 11 is 0. The highest BCUT2D eigenvalue weighted by atomic mass is 32.2. The highest BCUT2D eigenvalue weighted by Gasteiger charge is 2.43. The smallest absolute Gasteiger partial charge is 0.153 e. The topological polar surface area (TPSA) is 73.2 Å². The van der Waals surface area contributed by atoms with Gasteiger partial charge in [0.15, 0.2) is 9.84 Å². The van der Waals surface area contributed by atoms with Crippen LogP contribution in [0.15, 0.2) is 0 Å². The van der Waals surface area contributed by atoms with Crippen LogP contribution in [0.2, 0.25) is 0 Å². The fraction of sp³-hybridized carbons (Fsp3) is 0.917. The van der Waals surface area contributed by atoms with Crippen molar-refractivity contribution < 1.29 is 8.42 Å². The molecule has 1 saturated heterocycles. The zero-order valence-corrected chi connectivity index (χ0v) is 11.8. The van der Waals surface area contributed by atoms with E-state index in [1.165, 1.54) is 0 Å². The molecule has 1 N–H and O–H groups in total. The van der Waals surface area contributed by atoms with Crippen LogP contribution in [0.4, 0.5) is 0 Å². The third-order valence-electron chi connectivity index (χ3n) is 4.37. The largest absolute Gasteiger partial charge is 0.302 e. The van der Waals surface area contributed by atoms with Crippen LogP contribution in [0.5, 0.6) is 0 Å². The number of sulfone groups is 1. The van der Waals surface area contributed by atoms with Crippen LogP contribution in [0, 0.1) is 11.3 Å². The summed E-state index contributed by atoms with van der Waals surface area (Å²) < 4.78 is 23.1. The molecule has 2 fully saturated rings. The zero-order valence-electron chi connectivity index (χ0n) is 11.0. The summed E-state index contributed by atoms with van der Waals surface area (Å²) in [4.78, 5) is 2.28. The van der Waals surface area contributed by atoms with E-state index in [1.807, 2.05) is 14.0 Å². The van der Waals surface area contributed by atoms with Crippen LogP contribution in [-0.2, 0) is 9.84 Å². The van der Waals surface area contributed by atoms with Gasteiger partial charge in [0.05, 0.1) is 17.6 Å². The molecule has 0 aromatic rings. The Bertz CT molecular complexity index is 456. The molecule has 102 valence electrons. The molecule has 1 aliphatic heterocycles. The SMILES string of the molecule is CNC1(C#N)CCC(N2CCS(=O)(=O)CC2C)C1. The monoisotopic (exact) mass is 271 g/mol. The first-order chi connectivity index (χ1) is 8.41. The van der Waals surface area contributed by atoms with E-state index in [4.69, 9.17) is 0 Å². The number of rotatable bonds is 2. The van der Waals surface area contributed by atoms with E-state index in [0.29, 0.717) is 12.6 Å². The average Bonchev–Trinajstić information content (AvgIpc) is 2.73. The molecule has 1 aliphatic carbocycles. The maximum Gasteiger partial charge on any atom is 0.153 e. The van der Waals surface area contributed by atoms with Gasteiger partial charge < -0.3 is 5.32 Å². The Kier molecular flexibility index (Phi) is 3.67. The first kappa shape index (κ1) is 13.8. The molecular formula is C12H21N3O2S. The van der Waals surface area contributed by atoms with Crippen LogP contribution in [-0.4, -0.2) is 56.0 Å². The van der Waals surface area contributed by atoms with Gasteiger partial charge in [-0.15, -0.1) is 0 Å². The molecule has 1 heterocycles. The lowest BCUT2D eigenvalue weighted by atomic mass is 9.99. The molecular weight excluding hydrogens is 250 g/mol. The lowest BCUT2D eigenvalue weighted by molar-refractivity contribution is 0.155. The third kappa shape index (κ3) is 2.53. The van der Waals surface area contributed by atoms with Gasteiger partial charge in [0.2, 0.25) is 0 Å². The third-order valence-corrected chi connectivity index (χ3v) is 6.17. The first-order valence-electron chi connectivity index (χ1n) is 6.48. The predicted molar refractivity (Wildman–Crippen MR) is 69.9 cm³/mol. The Hall–Kier alpha value is -0.640. The Morgan fingerprint density at radius 2 is 2.22 bits per heavy atom. The lowest BCUT2D eigenvalue weighted by Gasteiger charge is -2.38. The van der Waals surface area contributed by atoms with E-state index in [1.54, 1.807) is 0 Å². The minimum atomic E-state index is -2.86. The van der Waals surface area contributed by atoms with Gasteiger partial charge >= 0.3 is 0 Å². The number of hydrogen-bond donors (Lipinski definition) is 1. The summed E-state index contributed by atoms with van der Waals surface area (Å²) in [7, 11) is -1.03. The minimum absolute atomic E-state index is 0.0695. The van der Waals surface area contributed by atoms with Gasteiger partial charge in [-0.05, 0) is 33.2 Å². The molecule has 0 aromatic carbocycles. The molecule has 0 radical (unpaired) electrons. The van der Waals surface area contributed by atoms with Crippen molar-refractivity contribution in [1.29, 1.82) is 5.26 Å². The van der Waals surface area contributed by atoms with Gasteiger partial charge in [-0.2, -0.15) is 5.26 Å². The summed E-state index contributed by atoms with van der Waals surface area (Å²) in [5.41, 5.74) is -0.416. The molecule has 0 aromatic heterocycles. The molecule has 3 atom stereocenters. The fourth-order valence-corrected chi connectivity index (χ4v) is 4.82. The zero-order chi connectivity index (χ0) is 13.4. The Morgan fingerprint density at radius 1 is 1.50 bits per heavy atom. The molecule has 1 saturated carbocycles. The Labute approximate surface area is 109 Å². The maximum absolute atomic E-state index is 11.6. The average molecular weight is 271 g/mol. The van der Waals surface area contributed by atoms with Crippen molar-refractivity contribution >= 4 is 9.84 Å². The highest BCUT2D eigenvalue weighted by Crippen LogP contribution is 2.34. The maximum atomic E-state index is 11.6. The Balaban J connectivity index is 2.05. The molecule has 0 amide bonds. The molecule has 18 heavy (non-hydrogen) atoms. The normalized spacial score (nSPS) is 40.5. The van der Waals surface area contributed by atoms with Gasteiger partial charge in [0.25, 0.3) is 0 Å². The van der Waals surface area contributed by atoms with Crippen molar-refractivity contribution in [2.45, 2.75) is 43.8 Å². The summed E-state index contributed by atoms with van der Waals surface area (Å²) in [6.07, 6.45) is 2.61. The van der Waals surface area contributed by atoms with E-state index in [-0.39, 0.29) is 17.5 Å². The van der Waals surface area contributed by atoms with Crippen molar-refractivity contribution in [3.8, 4) is 6.07 Å². The molecule has 2 rings (SSSR count). The molecule has 5 nitrogen and oxygen atoms in total. The van der Waals surface area contributed by atoms with Crippen LogP contribution in [0.3, 0.4) is 0 Å².